The molecule has 1 aromatic carbocycles. The monoisotopic (exact) mass is 321 g/mol. The molecule has 0 saturated heterocycles. The molecular formula is C21H39NO. The summed E-state index contributed by atoms with van der Waals surface area (Å²) in [5.74, 6) is 1.25. The van der Waals surface area contributed by atoms with Crippen molar-refractivity contribution in [1.82, 2.24) is 5.32 Å². The van der Waals surface area contributed by atoms with Crippen molar-refractivity contribution in [2.24, 2.45) is 5.92 Å². The molecule has 0 radical (unpaired) electrons. The Labute approximate surface area is 145 Å². The van der Waals surface area contributed by atoms with Crippen molar-refractivity contribution in [3.8, 4) is 0 Å². The van der Waals surface area contributed by atoms with Crippen LogP contribution in [-0.4, -0.2) is 25.3 Å². The molecule has 0 spiro atoms. The molecule has 0 bridgehead atoms. The predicted octanol–water partition coefficient (Wildman–Crippen LogP) is 5.42. The summed E-state index contributed by atoms with van der Waals surface area (Å²) in [5, 5.41) is 3.52. The zero-order valence-electron chi connectivity index (χ0n) is 16.6. The van der Waals surface area contributed by atoms with Crippen LogP contribution in [0.5, 0.6) is 0 Å². The van der Waals surface area contributed by atoms with Crippen LogP contribution in [0.15, 0.2) is 24.3 Å². The van der Waals surface area contributed by atoms with Gasteiger partial charge in [-0.05, 0) is 56.7 Å². The van der Waals surface area contributed by atoms with Crippen LogP contribution in [0, 0.1) is 5.92 Å². The van der Waals surface area contributed by atoms with E-state index in [0.29, 0.717) is 17.9 Å². The summed E-state index contributed by atoms with van der Waals surface area (Å²) in [6.07, 6.45) is 1.71. The fourth-order valence-corrected chi connectivity index (χ4v) is 2.56. The van der Waals surface area contributed by atoms with E-state index in [1.54, 1.807) is 0 Å². The third-order valence-electron chi connectivity index (χ3n) is 3.66. The van der Waals surface area contributed by atoms with Gasteiger partial charge in [0, 0.05) is 6.54 Å². The minimum Gasteiger partial charge on any atom is -0.375 e. The highest BCUT2D eigenvalue weighted by Gasteiger charge is 2.07. The molecule has 2 unspecified atom stereocenters. The van der Waals surface area contributed by atoms with Crippen molar-refractivity contribution in [2.75, 3.05) is 13.1 Å². The molecule has 0 heterocycles. The van der Waals surface area contributed by atoms with E-state index in [0.717, 1.165) is 19.5 Å². The smallest absolute Gasteiger partial charge is 0.0674 e. The predicted molar refractivity (Wildman–Crippen MR) is 103 cm³/mol. The molecule has 1 rings (SSSR count). The molecule has 0 aromatic heterocycles. The van der Waals surface area contributed by atoms with E-state index >= 15 is 0 Å². The largest absolute Gasteiger partial charge is 0.375 e. The first kappa shape index (κ1) is 22.1. The second-order valence-electron chi connectivity index (χ2n) is 6.86. The highest BCUT2D eigenvalue weighted by Crippen LogP contribution is 2.16. The molecule has 0 aliphatic rings. The molecule has 2 nitrogen and oxygen atoms in total. The summed E-state index contributed by atoms with van der Waals surface area (Å²) in [5.41, 5.74) is 2.85. The SMILES string of the molecule is CC.CC(CNCC(C)OC(C)C)Cc1ccc(C(C)C)cc1. The van der Waals surface area contributed by atoms with E-state index in [1.807, 2.05) is 13.8 Å². The zero-order valence-corrected chi connectivity index (χ0v) is 16.6. The van der Waals surface area contributed by atoms with Gasteiger partial charge in [0.2, 0.25) is 0 Å². The molecule has 134 valence electrons. The summed E-state index contributed by atoms with van der Waals surface area (Å²) >= 11 is 0. The minimum absolute atomic E-state index is 0.280. The molecule has 0 fully saturated rings. The second-order valence-corrected chi connectivity index (χ2v) is 6.86. The van der Waals surface area contributed by atoms with E-state index in [2.05, 4.69) is 71.1 Å². The number of hydrogen-bond acceptors (Lipinski definition) is 2. The lowest BCUT2D eigenvalue weighted by molar-refractivity contribution is 0.0193. The quantitative estimate of drug-likeness (QED) is 0.656. The normalized spacial score (nSPS) is 13.7. The number of ether oxygens (including phenoxy) is 1. The Hall–Kier alpha value is -0.860. The molecule has 0 aliphatic carbocycles. The molecular weight excluding hydrogens is 282 g/mol. The van der Waals surface area contributed by atoms with Gasteiger partial charge in [-0.15, -0.1) is 0 Å². The van der Waals surface area contributed by atoms with Crippen LogP contribution in [0.3, 0.4) is 0 Å². The van der Waals surface area contributed by atoms with Crippen molar-refractivity contribution < 1.29 is 4.74 Å². The van der Waals surface area contributed by atoms with Gasteiger partial charge in [-0.1, -0.05) is 58.9 Å². The fourth-order valence-electron chi connectivity index (χ4n) is 2.56. The van der Waals surface area contributed by atoms with Gasteiger partial charge in [0.05, 0.1) is 12.2 Å². The maximum absolute atomic E-state index is 5.72. The Kier molecular flexibility index (Phi) is 12.1. The second kappa shape index (κ2) is 12.5. The first-order valence-corrected chi connectivity index (χ1v) is 9.33. The first-order valence-electron chi connectivity index (χ1n) is 9.33. The summed E-state index contributed by atoms with van der Waals surface area (Å²) in [6.45, 7) is 19.0. The number of rotatable bonds is 9. The summed E-state index contributed by atoms with van der Waals surface area (Å²) in [4.78, 5) is 0. The van der Waals surface area contributed by atoms with Gasteiger partial charge >= 0.3 is 0 Å². The van der Waals surface area contributed by atoms with Gasteiger partial charge in [0.1, 0.15) is 0 Å². The minimum atomic E-state index is 0.280. The van der Waals surface area contributed by atoms with Gasteiger partial charge in [-0.25, -0.2) is 0 Å². The van der Waals surface area contributed by atoms with E-state index < -0.39 is 0 Å². The number of nitrogens with one attached hydrogen (secondary N) is 1. The Balaban J connectivity index is 0.00000232. The van der Waals surface area contributed by atoms with Crippen LogP contribution in [0.2, 0.25) is 0 Å². The molecule has 2 heteroatoms. The summed E-state index contributed by atoms with van der Waals surface area (Å²) in [7, 11) is 0. The maximum atomic E-state index is 5.72. The van der Waals surface area contributed by atoms with Crippen LogP contribution in [0.25, 0.3) is 0 Å². The molecule has 1 N–H and O–H groups in total. The van der Waals surface area contributed by atoms with Gasteiger partial charge in [0.25, 0.3) is 0 Å². The third-order valence-corrected chi connectivity index (χ3v) is 3.66. The third kappa shape index (κ3) is 10.5. The molecule has 0 amide bonds. The topological polar surface area (TPSA) is 21.3 Å². The van der Waals surface area contributed by atoms with Gasteiger partial charge in [-0.3, -0.25) is 0 Å². The van der Waals surface area contributed by atoms with Crippen LogP contribution in [0.4, 0.5) is 0 Å². The lowest BCUT2D eigenvalue weighted by atomic mass is 9.97. The number of hydrogen-bond donors (Lipinski definition) is 1. The van der Waals surface area contributed by atoms with Gasteiger partial charge in [-0.2, -0.15) is 0 Å². The number of benzene rings is 1. The lowest BCUT2D eigenvalue weighted by Gasteiger charge is -2.18. The van der Waals surface area contributed by atoms with Crippen LogP contribution >= 0.6 is 0 Å². The van der Waals surface area contributed by atoms with Crippen molar-refractivity contribution >= 4 is 0 Å². The molecule has 2 atom stereocenters. The van der Waals surface area contributed by atoms with E-state index in [-0.39, 0.29) is 6.10 Å². The summed E-state index contributed by atoms with van der Waals surface area (Å²) < 4.78 is 5.72. The standard InChI is InChI=1S/C19H33NO.C2H6/c1-14(2)19-9-7-18(8-10-19)11-16(5)12-20-13-17(6)21-15(3)4;1-2/h7-10,14-17,20H,11-13H2,1-6H3;1-2H3. The Morgan fingerprint density at radius 2 is 1.43 bits per heavy atom. The average Bonchev–Trinajstić information content (AvgIpc) is 2.49. The van der Waals surface area contributed by atoms with Crippen LogP contribution in [-0.2, 0) is 11.2 Å². The van der Waals surface area contributed by atoms with Crippen molar-refractivity contribution in [1.29, 1.82) is 0 Å². The maximum Gasteiger partial charge on any atom is 0.0674 e. The van der Waals surface area contributed by atoms with Crippen molar-refractivity contribution in [2.45, 2.75) is 79.9 Å². The van der Waals surface area contributed by atoms with E-state index in [9.17, 15) is 0 Å². The zero-order chi connectivity index (χ0) is 17.8. The highest BCUT2D eigenvalue weighted by molar-refractivity contribution is 5.24. The van der Waals surface area contributed by atoms with E-state index in [4.69, 9.17) is 4.74 Å². The Bertz CT molecular complexity index is 383. The Morgan fingerprint density at radius 1 is 0.870 bits per heavy atom. The molecule has 1 aromatic rings. The average molecular weight is 322 g/mol. The van der Waals surface area contributed by atoms with E-state index in [1.165, 1.54) is 11.1 Å². The Morgan fingerprint density at radius 3 is 1.91 bits per heavy atom. The van der Waals surface area contributed by atoms with Crippen LogP contribution in [0.1, 0.15) is 72.4 Å². The fraction of sp³-hybridized carbons (Fsp3) is 0.714. The lowest BCUT2D eigenvalue weighted by Crippen LogP contribution is -2.32. The summed E-state index contributed by atoms with van der Waals surface area (Å²) in [6, 6.07) is 9.07. The van der Waals surface area contributed by atoms with Crippen LogP contribution < -0.4 is 5.32 Å². The first-order chi connectivity index (χ1) is 10.9. The van der Waals surface area contributed by atoms with Gasteiger partial charge in [0.15, 0.2) is 0 Å². The van der Waals surface area contributed by atoms with Gasteiger partial charge < -0.3 is 10.1 Å². The highest BCUT2D eigenvalue weighted by atomic mass is 16.5. The van der Waals surface area contributed by atoms with Crippen molar-refractivity contribution in [3.05, 3.63) is 35.4 Å². The molecule has 0 saturated carbocycles. The van der Waals surface area contributed by atoms with Crippen molar-refractivity contribution in [3.63, 3.8) is 0 Å². The molecule has 0 aliphatic heterocycles. The molecule has 23 heavy (non-hydrogen) atoms.